The van der Waals surface area contributed by atoms with Gasteiger partial charge in [-0.05, 0) is 26.8 Å². The largest absolute Gasteiger partial charge is 0.466 e. The summed E-state index contributed by atoms with van der Waals surface area (Å²) in [5, 5.41) is 2.71. The Morgan fingerprint density at radius 1 is 1.30 bits per heavy atom. The van der Waals surface area contributed by atoms with Gasteiger partial charge in [0.1, 0.15) is 11.2 Å². The third-order valence-corrected chi connectivity index (χ3v) is 3.34. The maximum absolute atomic E-state index is 13.3. The van der Waals surface area contributed by atoms with Gasteiger partial charge in [0, 0.05) is 11.6 Å². The highest BCUT2D eigenvalue weighted by molar-refractivity contribution is 6.55. The minimum atomic E-state index is -0.967. The number of hydrogen-bond donors (Lipinski definition) is 1. The quantitative estimate of drug-likeness (QED) is 0.758. The summed E-state index contributed by atoms with van der Waals surface area (Å²) in [5.41, 5.74) is 0.392. The minimum absolute atomic E-state index is 0.00807. The Bertz CT molecular complexity index is 592. The van der Waals surface area contributed by atoms with Crippen molar-refractivity contribution in [2.45, 2.75) is 26.9 Å². The van der Waals surface area contributed by atoms with Gasteiger partial charge < -0.3 is 14.8 Å². The van der Waals surface area contributed by atoms with Crippen LogP contribution in [0.15, 0.2) is 33.1 Å². The fourth-order valence-electron chi connectivity index (χ4n) is 2.24. The van der Waals surface area contributed by atoms with Gasteiger partial charge >= 0.3 is 11.9 Å². The molecule has 23 heavy (non-hydrogen) atoms. The lowest BCUT2D eigenvalue weighted by Crippen LogP contribution is -2.34. The molecule has 1 N–H and O–H groups in total. The molecule has 0 radical (unpaired) electrons. The predicted molar refractivity (Wildman–Crippen MR) is 85.4 cm³/mol. The van der Waals surface area contributed by atoms with Crippen molar-refractivity contribution >= 4 is 35.1 Å². The van der Waals surface area contributed by atoms with Gasteiger partial charge in [-0.1, -0.05) is 23.2 Å². The molecule has 0 bridgehead atoms. The summed E-state index contributed by atoms with van der Waals surface area (Å²) in [6.45, 7) is 4.00. The van der Waals surface area contributed by atoms with Gasteiger partial charge in [-0.15, -0.1) is 0 Å². The zero-order chi connectivity index (χ0) is 17.7. The van der Waals surface area contributed by atoms with Gasteiger partial charge in [0.15, 0.2) is 0 Å². The molecule has 1 rings (SSSR count). The van der Waals surface area contributed by atoms with Crippen LogP contribution in [0.4, 0.5) is 4.39 Å². The molecule has 0 aliphatic carbocycles. The Hall–Kier alpha value is -1.53. The van der Waals surface area contributed by atoms with E-state index in [1.807, 2.05) is 0 Å². The highest BCUT2D eigenvalue weighted by Crippen LogP contribution is 2.34. The van der Waals surface area contributed by atoms with Crippen LogP contribution in [0.25, 0.3) is 0 Å². The average Bonchev–Trinajstić information content (AvgIpc) is 2.44. The van der Waals surface area contributed by atoms with Gasteiger partial charge in [-0.25, -0.2) is 14.0 Å². The van der Waals surface area contributed by atoms with Crippen molar-refractivity contribution in [1.29, 1.82) is 0 Å². The van der Waals surface area contributed by atoms with Crippen LogP contribution < -0.4 is 5.32 Å². The van der Waals surface area contributed by atoms with E-state index in [4.69, 9.17) is 27.9 Å². The summed E-state index contributed by atoms with van der Waals surface area (Å²) in [7, 11) is 1.16. The fourth-order valence-corrected chi connectivity index (χ4v) is 2.49. The highest BCUT2D eigenvalue weighted by Gasteiger charge is 2.37. The zero-order valence-corrected chi connectivity index (χ0v) is 14.7. The Balaban J connectivity index is 3.47. The van der Waals surface area contributed by atoms with Crippen molar-refractivity contribution in [1.82, 2.24) is 5.32 Å². The lowest BCUT2D eigenvalue weighted by Gasteiger charge is -2.28. The topological polar surface area (TPSA) is 64.6 Å². The van der Waals surface area contributed by atoms with Crippen molar-refractivity contribution in [2.75, 3.05) is 13.8 Å². The van der Waals surface area contributed by atoms with Gasteiger partial charge in [-0.2, -0.15) is 0 Å². The van der Waals surface area contributed by atoms with Crippen molar-refractivity contribution < 1.29 is 23.5 Å². The SMILES string of the molecule is COC(=O)C1=C(CF)NC(C)=C(C(=O)OC(C)C)C1C=C(Cl)Cl. The summed E-state index contributed by atoms with van der Waals surface area (Å²) in [5.74, 6) is -2.41. The van der Waals surface area contributed by atoms with Crippen LogP contribution in [-0.4, -0.2) is 31.8 Å². The molecule has 1 atom stereocenters. The molecule has 0 aromatic rings. The summed E-state index contributed by atoms with van der Waals surface area (Å²) in [6, 6.07) is 0. The number of alkyl halides is 1. The highest BCUT2D eigenvalue weighted by atomic mass is 35.5. The molecule has 0 amide bonds. The summed E-state index contributed by atoms with van der Waals surface area (Å²) < 4.78 is 23.0. The first-order valence-electron chi connectivity index (χ1n) is 6.81. The molecule has 0 aromatic heterocycles. The molecule has 0 fully saturated rings. The first-order valence-corrected chi connectivity index (χ1v) is 7.57. The van der Waals surface area contributed by atoms with E-state index in [0.29, 0.717) is 5.70 Å². The Morgan fingerprint density at radius 3 is 2.35 bits per heavy atom. The average molecular weight is 366 g/mol. The zero-order valence-electron chi connectivity index (χ0n) is 13.2. The number of carbonyl (C=O) groups excluding carboxylic acids is 2. The number of rotatable bonds is 5. The molecule has 0 saturated heterocycles. The third kappa shape index (κ3) is 4.72. The van der Waals surface area contributed by atoms with Gasteiger partial charge in [0.2, 0.25) is 0 Å². The van der Waals surface area contributed by atoms with Gasteiger partial charge in [-0.3, -0.25) is 0 Å². The standard InChI is InChI=1S/C15H18Cl2FNO4/c1-7(2)23-15(21)12-8(3)19-10(6-18)13(14(20)22-4)9(12)5-11(16)17/h5,7,9,19H,6H2,1-4H3. The van der Waals surface area contributed by atoms with E-state index in [0.717, 1.165) is 7.11 Å². The molecule has 0 aromatic carbocycles. The van der Waals surface area contributed by atoms with E-state index in [9.17, 15) is 14.0 Å². The third-order valence-electron chi connectivity index (χ3n) is 3.08. The van der Waals surface area contributed by atoms with E-state index < -0.39 is 24.5 Å². The van der Waals surface area contributed by atoms with Crippen molar-refractivity contribution in [2.24, 2.45) is 5.92 Å². The van der Waals surface area contributed by atoms with Gasteiger partial charge in [0.05, 0.1) is 30.1 Å². The van der Waals surface area contributed by atoms with E-state index >= 15 is 0 Å². The lowest BCUT2D eigenvalue weighted by molar-refractivity contribution is -0.143. The lowest BCUT2D eigenvalue weighted by atomic mass is 9.85. The van der Waals surface area contributed by atoms with E-state index in [-0.39, 0.29) is 27.4 Å². The maximum Gasteiger partial charge on any atom is 0.336 e. The molecule has 1 aliphatic heterocycles. The molecule has 5 nitrogen and oxygen atoms in total. The normalized spacial score (nSPS) is 17.8. The molecule has 1 heterocycles. The molecule has 0 spiro atoms. The van der Waals surface area contributed by atoms with E-state index in [2.05, 4.69) is 10.1 Å². The summed E-state index contributed by atoms with van der Waals surface area (Å²) in [4.78, 5) is 24.4. The monoisotopic (exact) mass is 365 g/mol. The fraction of sp³-hybridized carbons (Fsp3) is 0.467. The number of halogens is 3. The maximum atomic E-state index is 13.3. The van der Waals surface area contributed by atoms with Crippen molar-refractivity contribution in [3.8, 4) is 0 Å². The van der Waals surface area contributed by atoms with Crippen molar-refractivity contribution in [3.63, 3.8) is 0 Å². The molecule has 1 unspecified atom stereocenters. The first-order chi connectivity index (χ1) is 10.7. The second kappa shape index (κ2) is 8.36. The number of hydrogen-bond acceptors (Lipinski definition) is 5. The summed E-state index contributed by atoms with van der Waals surface area (Å²) >= 11 is 11.4. The molecule has 128 valence electrons. The van der Waals surface area contributed by atoms with Crippen LogP contribution in [0.1, 0.15) is 20.8 Å². The molecule has 1 aliphatic rings. The van der Waals surface area contributed by atoms with Crippen LogP contribution >= 0.6 is 23.2 Å². The van der Waals surface area contributed by atoms with Crippen LogP contribution in [-0.2, 0) is 19.1 Å². The van der Waals surface area contributed by atoms with Crippen LogP contribution in [0.3, 0.4) is 0 Å². The number of esters is 2. The van der Waals surface area contributed by atoms with Gasteiger partial charge in [0.25, 0.3) is 0 Å². The smallest absolute Gasteiger partial charge is 0.336 e. The summed E-state index contributed by atoms with van der Waals surface area (Å²) in [6.07, 6.45) is 0.902. The Morgan fingerprint density at radius 2 is 1.91 bits per heavy atom. The molecule has 0 saturated carbocycles. The number of methoxy groups -OCH3 is 1. The Kier molecular flexibility index (Phi) is 7.09. The number of dihydropyridines is 1. The number of nitrogens with one attached hydrogen (secondary N) is 1. The first kappa shape index (κ1) is 19.5. The number of carbonyl (C=O) groups is 2. The van der Waals surface area contributed by atoms with Crippen molar-refractivity contribution in [3.05, 3.63) is 33.1 Å². The number of ether oxygens (including phenoxy) is 2. The minimum Gasteiger partial charge on any atom is -0.466 e. The molecule has 8 heteroatoms. The van der Waals surface area contributed by atoms with Crippen LogP contribution in [0.2, 0.25) is 0 Å². The van der Waals surface area contributed by atoms with Crippen LogP contribution in [0.5, 0.6) is 0 Å². The van der Waals surface area contributed by atoms with Crippen LogP contribution in [0, 0.1) is 5.92 Å². The second-order valence-corrected chi connectivity index (χ2v) is 6.08. The molecular formula is C15H18Cl2FNO4. The van der Waals surface area contributed by atoms with E-state index in [1.54, 1.807) is 20.8 Å². The second-order valence-electron chi connectivity index (χ2n) is 5.07. The predicted octanol–water partition coefficient (Wildman–Crippen LogP) is 3.15. The molecular weight excluding hydrogens is 348 g/mol. The number of allylic oxidation sites excluding steroid dienone is 3. The van der Waals surface area contributed by atoms with E-state index in [1.165, 1.54) is 6.08 Å². The Labute approximate surface area is 144 Å².